The number of H-pyrrole nitrogens is 1. The van der Waals surface area contributed by atoms with Crippen LogP contribution in [0.3, 0.4) is 0 Å². The van der Waals surface area contributed by atoms with Crippen molar-refractivity contribution >= 4 is 21.7 Å². The van der Waals surface area contributed by atoms with Gasteiger partial charge < -0.3 is 15.3 Å². The Kier molecular flexibility index (Phi) is 4.15. The standard InChI is InChI=1S/C20H25N3O/c21-10-8-15-12-22-18-7-6-17-16(19(15)18)9-11-23(20(17)24)13-14-4-2-1-3-5-14/h6-7,9,11-12,14,22H,1-5,8,10,13,21H2. The van der Waals surface area contributed by atoms with Crippen molar-refractivity contribution < 1.29 is 0 Å². The fourth-order valence-corrected chi connectivity index (χ4v) is 4.21. The van der Waals surface area contributed by atoms with Crippen molar-refractivity contribution in [3.8, 4) is 0 Å². The number of rotatable bonds is 4. The van der Waals surface area contributed by atoms with Crippen LogP contribution in [0, 0.1) is 5.92 Å². The third kappa shape index (κ3) is 2.65. The predicted molar refractivity (Wildman–Crippen MR) is 99.4 cm³/mol. The monoisotopic (exact) mass is 323 g/mol. The summed E-state index contributed by atoms with van der Waals surface area (Å²) in [6.45, 7) is 1.47. The molecule has 0 saturated heterocycles. The molecule has 126 valence electrons. The molecule has 4 nitrogen and oxygen atoms in total. The Bertz CT molecular complexity index is 916. The molecule has 4 heteroatoms. The second-order valence-electron chi connectivity index (χ2n) is 7.08. The van der Waals surface area contributed by atoms with Crippen LogP contribution < -0.4 is 11.3 Å². The van der Waals surface area contributed by atoms with Crippen molar-refractivity contribution in [3.63, 3.8) is 0 Å². The van der Waals surface area contributed by atoms with Crippen LogP contribution >= 0.6 is 0 Å². The van der Waals surface area contributed by atoms with Gasteiger partial charge in [0.15, 0.2) is 0 Å². The Morgan fingerprint density at radius 1 is 1.12 bits per heavy atom. The van der Waals surface area contributed by atoms with Crippen LogP contribution in [0.15, 0.2) is 35.4 Å². The van der Waals surface area contributed by atoms with Gasteiger partial charge in [-0.15, -0.1) is 0 Å². The van der Waals surface area contributed by atoms with Gasteiger partial charge in [-0.3, -0.25) is 4.79 Å². The van der Waals surface area contributed by atoms with E-state index < -0.39 is 0 Å². The quantitative estimate of drug-likeness (QED) is 0.771. The summed E-state index contributed by atoms with van der Waals surface area (Å²) in [5, 5.41) is 3.01. The van der Waals surface area contributed by atoms with Gasteiger partial charge in [-0.1, -0.05) is 19.3 Å². The van der Waals surface area contributed by atoms with Gasteiger partial charge in [0.05, 0.1) is 0 Å². The minimum Gasteiger partial charge on any atom is -0.361 e. The molecule has 4 rings (SSSR count). The highest BCUT2D eigenvalue weighted by atomic mass is 16.1. The van der Waals surface area contributed by atoms with Crippen LogP contribution in [0.2, 0.25) is 0 Å². The van der Waals surface area contributed by atoms with Gasteiger partial charge in [-0.25, -0.2) is 0 Å². The van der Waals surface area contributed by atoms with Crippen molar-refractivity contribution in [3.05, 3.63) is 46.5 Å². The van der Waals surface area contributed by atoms with Gasteiger partial charge in [0, 0.05) is 35.2 Å². The van der Waals surface area contributed by atoms with Crippen molar-refractivity contribution in [1.82, 2.24) is 9.55 Å². The van der Waals surface area contributed by atoms with E-state index in [4.69, 9.17) is 5.73 Å². The van der Waals surface area contributed by atoms with E-state index >= 15 is 0 Å². The number of hydrogen-bond donors (Lipinski definition) is 2. The average Bonchev–Trinajstić information content (AvgIpc) is 3.02. The highest BCUT2D eigenvalue weighted by molar-refractivity contribution is 6.07. The minimum atomic E-state index is 0.139. The summed E-state index contributed by atoms with van der Waals surface area (Å²) in [6, 6.07) is 6.08. The molecule has 3 N–H and O–H groups in total. The lowest BCUT2D eigenvalue weighted by molar-refractivity contribution is 0.316. The maximum Gasteiger partial charge on any atom is 0.258 e. The minimum absolute atomic E-state index is 0.139. The maximum absolute atomic E-state index is 13.0. The average molecular weight is 323 g/mol. The molecule has 0 bridgehead atoms. The van der Waals surface area contributed by atoms with Gasteiger partial charge >= 0.3 is 0 Å². The van der Waals surface area contributed by atoms with E-state index in [-0.39, 0.29) is 5.56 Å². The summed E-state index contributed by atoms with van der Waals surface area (Å²) < 4.78 is 1.92. The highest BCUT2D eigenvalue weighted by Gasteiger charge is 2.16. The van der Waals surface area contributed by atoms with Crippen molar-refractivity contribution in [2.75, 3.05) is 6.54 Å². The topological polar surface area (TPSA) is 63.8 Å². The maximum atomic E-state index is 13.0. The molecule has 1 aromatic carbocycles. The molecular weight excluding hydrogens is 298 g/mol. The van der Waals surface area contributed by atoms with Crippen LogP contribution in [-0.2, 0) is 13.0 Å². The van der Waals surface area contributed by atoms with Gasteiger partial charge in [0.25, 0.3) is 5.56 Å². The lowest BCUT2D eigenvalue weighted by atomic mass is 9.89. The van der Waals surface area contributed by atoms with Crippen molar-refractivity contribution in [2.45, 2.75) is 45.1 Å². The zero-order valence-corrected chi connectivity index (χ0v) is 14.1. The zero-order valence-electron chi connectivity index (χ0n) is 14.1. The molecule has 0 aliphatic heterocycles. The fraction of sp³-hybridized carbons (Fsp3) is 0.450. The molecule has 1 aliphatic rings. The van der Waals surface area contributed by atoms with E-state index in [1.54, 1.807) is 0 Å². The number of nitrogens with zero attached hydrogens (tertiary/aromatic N) is 1. The molecule has 0 atom stereocenters. The van der Waals surface area contributed by atoms with Crippen molar-refractivity contribution in [1.29, 1.82) is 0 Å². The third-order valence-corrected chi connectivity index (χ3v) is 5.47. The Morgan fingerprint density at radius 2 is 1.96 bits per heavy atom. The van der Waals surface area contributed by atoms with E-state index in [0.717, 1.165) is 34.6 Å². The number of aromatic nitrogens is 2. The Morgan fingerprint density at radius 3 is 2.75 bits per heavy atom. The molecule has 0 radical (unpaired) electrons. The molecule has 0 amide bonds. The molecule has 1 saturated carbocycles. The molecule has 24 heavy (non-hydrogen) atoms. The summed E-state index contributed by atoms with van der Waals surface area (Å²) in [5.74, 6) is 0.651. The van der Waals surface area contributed by atoms with Crippen LogP contribution in [0.5, 0.6) is 0 Å². The number of fused-ring (bicyclic) bond motifs is 3. The molecule has 2 heterocycles. The van der Waals surface area contributed by atoms with E-state index in [1.165, 1.54) is 37.7 Å². The number of aromatic amines is 1. The van der Waals surface area contributed by atoms with E-state index in [2.05, 4.69) is 11.1 Å². The van der Waals surface area contributed by atoms with Gasteiger partial charge in [0.2, 0.25) is 0 Å². The molecule has 3 aromatic rings. The molecule has 1 fully saturated rings. The van der Waals surface area contributed by atoms with Gasteiger partial charge in [-0.05, 0) is 60.9 Å². The smallest absolute Gasteiger partial charge is 0.258 e. The van der Waals surface area contributed by atoms with E-state index in [1.807, 2.05) is 29.1 Å². The van der Waals surface area contributed by atoms with Crippen LogP contribution in [0.25, 0.3) is 21.7 Å². The normalized spacial score (nSPS) is 16.2. The first-order valence-electron chi connectivity index (χ1n) is 9.10. The molecule has 0 spiro atoms. The zero-order chi connectivity index (χ0) is 16.5. The van der Waals surface area contributed by atoms with Crippen LogP contribution in [-0.4, -0.2) is 16.1 Å². The molecule has 1 aliphatic carbocycles. The SMILES string of the molecule is NCCc1c[nH]c2ccc3c(=O)n(CC4CCCCC4)ccc3c12. The molecular formula is C20H25N3O. The summed E-state index contributed by atoms with van der Waals surface area (Å²) in [5.41, 5.74) is 8.15. The second-order valence-corrected chi connectivity index (χ2v) is 7.08. The number of hydrogen-bond acceptors (Lipinski definition) is 2. The number of benzene rings is 1. The van der Waals surface area contributed by atoms with Gasteiger partial charge in [0.1, 0.15) is 0 Å². The van der Waals surface area contributed by atoms with Crippen molar-refractivity contribution in [2.24, 2.45) is 11.7 Å². The summed E-state index contributed by atoms with van der Waals surface area (Å²) in [7, 11) is 0. The van der Waals surface area contributed by atoms with E-state index in [0.29, 0.717) is 12.5 Å². The summed E-state index contributed by atoms with van der Waals surface area (Å²) in [6.07, 6.45) is 11.3. The first-order chi connectivity index (χ1) is 11.8. The highest BCUT2D eigenvalue weighted by Crippen LogP contribution is 2.28. The van der Waals surface area contributed by atoms with Crippen LogP contribution in [0.4, 0.5) is 0 Å². The third-order valence-electron chi connectivity index (χ3n) is 5.47. The largest absolute Gasteiger partial charge is 0.361 e. The first-order valence-corrected chi connectivity index (χ1v) is 9.10. The first kappa shape index (κ1) is 15.5. The summed E-state index contributed by atoms with van der Waals surface area (Å²) >= 11 is 0. The Labute approximate surface area is 141 Å². The summed E-state index contributed by atoms with van der Waals surface area (Å²) in [4.78, 5) is 16.3. The lowest BCUT2D eigenvalue weighted by Crippen LogP contribution is -2.24. The molecule has 0 unspecified atom stereocenters. The van der Waals surface area contributed by atoms with Crippen LogP contribution in [0.1, 0.15) is 37.7 Å². The molecule has 2 aromatic heterocycles. The number of nitrogens with two attached hydrogens (primary N) is 1. The van der Waals surface area contributed by atoms with E-state index in [9.17, 15) is 4.79 Å². The lowest BCUT2D eigenvalue weighted by Gasteiger charge is -2.22. The predicted octanol–water partition coefficient (Wildman–Crippen LogP) is 3.56. The Balaban J connectivity index is 1.79. The number of pyridine rings is 1. The van der Waals surface area contributed by atoms with Gasteiger partial charge in [-0.2, -0.15) is 0 Å². The number of nitrogens with one attached hydrogen (secondary N) is 1. The second kappa shape index (κ2) is 6.44. The fourth-order valence-electron chi connectivity index (χ4n) is 4.21. The Hall–Kier alpha value is -2.07.